The molecule has 0 aromatic heterocycles. The molecule has 0 bridgehead atoms. The summed E-state index contributed by atoms with van der Waals surface area (Å²) in [7, 11) is 0. The number of carbonyl (C=O) groups is 1. The highest BCUT2D eigenvalue weighted by atomic mass is 16.5. The van der Waals surface area contributed by atoms with Crippen LogP contribution in [0.25, 0.3) is 0 Å². The van der Waals surface area contributed by atoms with Gasteiger partial charge in [0, 0.05) is 0 Å². The van der Waals surface area contributed by atoms with Gasteiger partial charge in [0.1, 0.15) is 0 Å². The molecule has 0 saturated heterocycles. The van der Waals surface area contributed by atoms with E-state index in [0.717, 1.165) is 12.8 Å². The van der Waals surface area contributed by atoms with Crippen molar-refractivity contribution in [1.82, 2.24) is 0 Å². The number of rotatable bonds is 6. The van der Waals surface area contributed by atoms with Crippen LogP contribution in [-0.4, -0.2) is 23.8 Å². The van der Waals surface area contributed by atoms with Crippen LogP contribution in [0, 0.1) is 5.92 Å². The predicted molar refractivity (Wildman–Crippen MR) is 51.3 cm³/mol. The van der Waals surface area contributed by atoms with Crippen LogP contribution in [0.2, 0.25) is 0 Å². The van der Waals surface area contributed by atoms with Gasteiger partial charge in [0.05, 0.1) is 18.6 Å². The van der Waals surface area contributed by atoms with E-state index < -0.39 is 6.10 Å². The summed E-state index contributed by atoms with van der Waals surface area (Å²) in [4.78, 5) is 11.3. The summed E-state index contributed by atoms with van der Waals surface area (Å²) in [5.74, 6) is -0.620. The van der Waals surface area contributed by atoms with Crippen molar-refractivity contribution in [2.45, 2.75) is 46.1 Å². The van der Waals surface area contributed by atoms with Gasteiger partial charge in [-0.15, -0.1) is 0 Å². The van der Waals surface area contributed by atoms with Crippen molar-refractivity contribution in [3.05, 3.63) is 0 Å². The highest BCUT2D eigenvalue weighted by molar-refractivity contribution is 5.72. The molecule has 0 unspecified atom stereocenters. The van der Waals surface area contributed by atoms with Crippen molar-refractivity contribution < 1.29 is 14.6 Å². The second-order valence-corrected chi connectivity index (χ2v) is 3.24. The Bertz CT molecular complexity index is 143. The lowest BCUT2D eigenvalue weighted by atomic mass is 9.97. The fourth-order valence-electron chi connectivity index (χ4n) is 1.23. The fourth-order valence-corrected chi connectivity index (χ4v) is 1.23. The second-order valence-electron chi connectivity index (χ2n) is 3.24. The summed E-state index contributed by atoms with van der Waals surface area (Å²) in [5.41, 5.74) is 0. The van der Waals surface area contributed by atoms with Crippen LogP contribution in [-0.2, 0) is 9.53 Å². The number of carbonyl (C=O) groups excluding carboxylic acids is 1. The molecular formula is C10H20O3. The first-order valence-electron chi connectivity index (χ1n) is 4.98. The second kappa shape index (κ2) is 6.89. The summed E-state index contributed by atoms with van der Waals surface area (Å²) >= 11 is 0. The molecule has 0 aromatic carbocycles. The van der Waals surface area contributed by atoms with E-state index in [2.05, 4.69) is 6.92 Å². The third kappa shape index (κ3) is 4.88. The van der Waals surface area contributed by atoms with Crippen molar-refractivity contribution in [2.24, 2.45) is 5.92 Å². The zero-order valence-electron chi connectivity index (χ0n) is 8.75. The van der Waals surface area contributed by atoms with E-state index in [-0.39, 0.29) is 11.9 Å². The monoisotopic (exact) mass is 188 g/mol. The first kappa shape index (κ1) is 12.4. The Hall–Kier alpha value is -0.570. The molecule has 0 aliphatic carbocycles. The van der Waals surface area contributed by atoms with Crippen LogP contribution >= 0.6 is 0 Å². The lowest BCUT2D eigenvalue weighted by molar-refractivity contribution is -0.152. The van der Waals surface area contributed by atoms with Crippen molar-refractivity contribution >= 4 is 5.97 Å². The molecule has 13 heavy (non-hydrogen) atoms. The first-order valence-corrected chi connectivity index (χ1v) is 4.98. The summed E-state index contributed by atoms with van der Waals surface area (Å²) in [5, 5.41) is 9.33. The van der Waals surface area contributed by atoms with Gasteiger partial charge in [-0.05, 0) is 20.3 Å². The molecule has 0 rings (SSSR count). The van der Waals surface area contributed by atoms with Gasteiger partial charge >= 0.3 is 5.97 Å². The Morgan fingerprint density at radius 3 is 2.46 bits per heavy atom. The summed E-state index contributed by atoms with van der Waals surface area (Å²) < 4.78 is 4.86. The molecule has 0 radical (unpaired) electrons. The van der Waals surface area contributed by atoms with Crippen molar-refractivity contribution in [3.8, 4) is 0 Å². The van der Waals surface area contributed by atoms with Crippen LogP contribution in [0.1, 0.15) is 40.0 Å². The molecule has 1 N–H and O–H groups in total. The van der Waals surface area contributed by atoms with E-state index >= 15 is 0 Å². The largest absolute Gasteiger partial charge is 0.466 e. The third-order valence-corrected chi connectivity index (χ3v) is 2.04. The molecule has 3 heteroatoms. The Labute approximate surface area is 80.1 Å². The summed E-state index contributed by atoms with van der Waals surface area (Å²) in [6, 6.07) is 0. The molecule has 0 aliphatic rings. The molecular weight excluding hydrogens is 168 g/mol. The van der Waals surface area contributed by atoms with Crippen LogP contribution in [0.15, 0.2) is 0 Å². The topological polar surface area (TPSA) is 46.5 Å². The smallest absolute Gasteiger partial charge is 0.311 e. The van der Waals surface area contributed by atoms with Gasteiger partial charge in [-0.25, -0.2) is 0 Å². The van der Waals surface area contributed by atoms with Gasteiger partial charge in [0.15, 0.2) is 0 Å². The molecule has 0 aliphatic heterocycles. The third-order valence-electron chi connectivity index (χ3n) is 2.04. The Morgan fingerprint density at radius 2 is 2.08 bits per heavy atom. The van der Waals surface area contributed by atoms with E-state index in [4.69, 9.17) is 4.74 Å². The van der Waals surface area contributed by atoms with Gasteiger partial charge < -0.3 is 9.84 Å². The highest BCUT2D eigenvalue weighted by Crippen LogP contribution is 2.14. The number of hydrogen-bond acceptors (Lipinski definition) is 3. The highest BCUT2D eigenvalue weighted by Gasteiger charge is 2.23. The molecule has 0 spiro atoms. The maximum Gasteiger partial charge on any atom is 0.311 e. The normalized spacial score (nSPS) is 15.1. The van der Waals surface area contributed by atoms with Gasteiger partial charge in [-0.1, -0.05) is 19.8 Å². The van der Waals surface area contributed by atoms with Gasteiger partial charge in [-0.2, -0.15) is 0 Å². The molecule has 0 saturated carbocycles. The Balaban J connectivity index is 3.99. The minimum absolute atomic E-state index is 0.272. The molecule has 78 valence electrons. The number of ether oxygens (including phenoxy) is 1. The van der Waals surface area contributed by atoms with Crippen LogP contribution in [0.5, 0.6) is 0 Å². The minimum atomic E-state index is -0.606. The van der Waals surface area contributed by atoms with Crippen molar-refractivity contribution in [2.75, 3.05) is 6.61 Å². The van der Waals surface area contributed by atoms with Crippen LogP contribution in [0.4, 0.5) is 0 Å². The number of aliphatic hydroxyl groups excluding tert-OH is 1. The van der Waals surface area contributed by atoms with E-state index in [1.54, 1.807) is 13.8 Å². The number of unbranched alkanes of at least 4 members (excludes halogenated alkanes) is 1. The van der Waals surface area contributed by atoms with E-state index in [1.807, 2.05) is 0 Å². The molecule has 3 nitrogen and oxygen atoms in total. The van der Waals surface area contributed by atoms with Crippen molar-refractivity contribution in [1.29, 1.82) is 0 Å². The van der Waals surface area contributed by atoms with E-state index in [9.17, 15) is 9.90 Å². The van der Waals surface area contributed by atoms with E-state index in [0.29, 0.717) is 13.0 Å². The molecule has 0 heterocycles. The van der Waals surface area contributed by atoms with Gasteiger partial charge in [0.2, 0.25) is 0 Å². The molecule has 0 aromatic rings. The Kier molecular flexibility index (Phi) is 6.59. The quantitative estimate of drug-likeness (QED) is 0.646. The summed E-state index contributed by atoms with van der Waals surface area (Å²) in [6.07, 6.45) is 2.09. The SMILES string of the molecule is CCCC[C@@H](C(=O)OCC)[C@@H](C)O. The molecule has 0 amide bonds. The van der Waals surface area contributed by atoms with Gasteiger partial charge in [0.25, 0.3) is 0 Å². The van der Waals surface area contributed by atoms with Gasteiger partial charge in [-0.3, -0.25) is 4.79 Å². The standard InChI is InChI=1S/C10H20O3/c1-4-6-7-9(8(3)11)10(12)13-5-2/h8-9,11H,4-7H2,1-3H3/t8-,9-/m1/s1. The first-order chi connectivity index (χ1) is 6.13. The zero-order valence-corrected chi connectivity index (χ0v) is 8.75. The predicted octanol–water partition coefficient (Wildman–Crippen LogP) is 1.74. The van der Waals surface area contributed by atoms with Crippen LogP contribution in [0.3, 0.4) is 0 Å². The Morgan fingerprint density at radius 1 is 1.46 bits per heavy atom. The fraction of sp³-hybridized carbons (Fsp3) is 0.900. The number of aliphatic hydroxyl groups is 1. The molecule has 2 atom stereocenters. The maximum atomic E-state index is 11.3. The van der Waals surface area contributed by atoms with Crippen LogP contribution < -0.4 is 0 Å². The average molecular weight is 188 g/mol. The number of hydrogen-bond donors (Lipinski definition) is 1. The van der Waals surface area contributed by atoms with E-state index in [1.165, 1.54) is 0 Å². The minimum Gasteiger partial charge on any atom is -0.466 e. The summed E-state index contributed by atoms with van der Waals surface area (Å²) in [6.45, 7) is 5.85. The lowest BCUT2D eigenvalue weighted by Crippen LogP contribution is -2.27. The maximum absolute atomic E-state index is 11.3. The average Bonchev–Trinajstić information content (AvgIpc) is 2.05. The molecule has 0 fully saturated rings. The number of esters is 1. The van der Waals surface area contributed by atoms with Crippen molar-refractivity contribution in [3.63, 3.8) is 0 Å². The lowest BCUT2D eigenvalue weighted by Gasteiger charge is -2.17. The zero-order chi connectivity index (χ0) is 10.3.